The van der Waals surface area contributed by atoms with Crippen molar-refractivity contribution in [3.8, 4) is 0 Å². The third-order valence-electron chi connectivity index (χ3n) is 4.48. The number of carbonyl (C=O) groups excluding carboxylic acids is 1. The summed E-state index contributed by atoms with van der Waals surface area (Å²) in [5.41, 5.74) is 4.22. The molecule has 3 aromatic rings. The number of aryl methyl sites for hydroxylation is 3. The fraction of sp³-hybridized carbons (Fsp3) is 0.136. The molecule has 0 saturated heterocycles. The van der Waals surface area contributed by atoms with E-state index in [4.69, 9.17) is 0 Å². The number of benzene rings is 3. The summed E-state index contributed by atoms with van der Waals surface area (Å²) in [4.78, 5) is 12.7. The average Bonchev–Trinajstić information content (AvgIpc) is 2.66. The highest BCUT2D eigenvalue weighted by Crippen LogP contribution is 2.23. The van der Waals surface area contributed by atoms with E-state index in [0.29, 0.717) is 22.5 Å². The third kappa shape index (κ3) is 5.05. The molecule has 1 amide bonds. The van der Waals surface area contributed by atoms with Gasteiger partial charge >= 0.3 is 0 Å². The minimum Gasteiger partial charge on any atom is -0.322 e. The van der Waals surface area contributed by atoms with E-state index in [0.717, 1.165) is 15.6 Å². The van der Waals surface area contributed by atoms with E-state index >= 15 is 0 Å². The summed E-state index contributed by atoms with van der Waals surface area (Å²) in [6.45, 7) is 5.60. The smallest absolute Gasteiger partial charge is 0.261 e. The maximum atomic E-state index is 12.6. The number of sulfonamides is 1. The number of halogens is 1. The van der Waals surface area contributed by atoms with E-state index in [1.165, 1.54) is 0 Å². The van der Waals surface area contributed by atoms with E-state index in [1.54, 1.807) is 49.4 Å². The molecule has 0 saturated carbocycles. The molecular formula is C22H21BrN2O3S. The monoisotopic (exact) mass is 472 g/mol. The van der Waals surface area contributed by atoms with Gasteiger partial charge in [-0.05, 0) is 80.4 Å². The van der Waals surface area contributed by atoms with Gasteiger partial charge < -0.3 is 5.32 Å². The fourth-order valence-electron chi connectivity index (χ4n) is 2.77. The highest BCUT2D eigenvalue weighted by atomic mass is 79.9. The molecule has 2 N–H and O–H groups in total. The molecule has 7 heteroatoms. The van der Waals surface area contributed by atoms with Gasteiger partial charge in [-0.2, -0.15) is 0 Å². The van der Waals surface area contributed by atoms with Crippen LogP contribution in [0.3, 0.4) is 0 Å². The first-order valence-corrected chi connectivity index (χ1v) is 11.2. The lowest BCUT2D eigenvalue weighted by molar-refractivity contribution is 0.102. The predicted octanol–water partition coefficient (Wildman–Crippen LogP) is 5.43. The summed E-state index contributed by atoms with van der Waals surface area (Å²) in [5.74, 6) is -0.261. The summed E-state index contributed by atoms with van der Waals surface area (Å²) in [6.07, 6.45) is 0. The van der Waals surface area contributed by atoms with Gasteiger partial charge in [-0.15, -0.1) is 0 Å². The molecule has 0 bridgehead atoms. The number of carbonyl (C=O) groups is 1. The number of anilines is 2. The summed E-state index contributed by atoms with van der Waals surface area (Å²) in [7, 11) is -3.70. The molecular weight excluding hydrogens is 452 g/mol. The Labute approximate surface area is 179 Å². The predicted molar refractivity (Wildman–Crippen MR) is 120 cm³/mol. The van der Waals surface area contributed by atoms with Crippen molar-refractivity contribution in [2.24, 2.45) is 0 Å². The van der Waals surface area contributed by atoms with Crippen molar-refractivity contribution in [2.75, 3.05) is 10.0 Å². The lowest BCUT2D eigenvalue weighted by Crippen LogP contribution is -2.15. The highest BCUT2D eigenvalue weighted by Gasteiger charge is 2.16. The van der Waals surface area contributed by atoms with Crippen molar-refractivity contribution < 1.29 is 13.2 Å². The van der Waals surface area contributed by atoms with Gasteiger partial charge in [-0.1, -0.05) is 33.6 Å². The average molecular weight is 473 g/mol. The summed E-state index contributed by atoms with van der Waals surface area (Å²) in [5, 5.41) is 2.85. The molecule has 0 spiro atoms. The Bertz CT molecular complexity index is 1170. The zero-order valence-corrected chi connectivity index (χ0v) is 18.7. The Balaban J connectivity index is 1.78. The molecule has 29 heavy (non-hydrogen) atoms. The first kappa shape index (κ1) is 21.1. The molecule has 0 fully saturated rings. The molecule has 0 aliphatic carbocycles. The molecule has 3 aromatic carbocycles. The summed E-state index contributed by atoms with van der Waals surface area (Å²) < 4.78 is 28.7. The van der Waals surface area contributed by atoms with Crippen molar-refractivity contribution >= 4 is 43.2 Å². The van der Waals surface area contributed by atoms with Crippen LogP contribution < -0.4 is 10.0 Å². The van der Waals surface area contributed by atoms with Gasteiger partial charge in [0, 0.05) is 15.7 Å². The van der Waals surface area contributed by atoms with Crippen molar-refractivity contribution in [3.05, 3.63) is 87.4 Å². The molecule has 0 aromatic heterocycles. The SMILES string of the molecule is Cc1ccc(S(=O)(=O)Nc2ccc(C(=O)Nc3ccc(Br)c(C)c3)cc2C)cc1. The van der Waals surface area contributed by atoms with Crippen LogP contribution in [0.5, 0.6) is 0 Å². The normalized spacial score (nSPS) is 11.2. The van der Waals surface area contributed by atoms with Gasteiger partial charge in [0.25, 0.3) is 15.9 Å². The molecule has 0 heterocycles. The van der Waals surface area contributed by atoms with E-state index in [2.05, 4.69) is 26.0 Å². The number of nitrogens with one attached hydrogen (secondary N) is 2. The van der Waals surface area contributed by atoms with Crippen LogP contribution in [0.2, 0.25) is 0 Å². The lowest BCUT2D eigenvalue weighted by Gasteiger charge is -2.13. The van der Waals surface area contributed by atoms with Gasteiger partial charge in [-0.3, -0.25) is 9.52 Å². The van der Waals surface area contributed by atoms with Gasteiger partial charge in [-0.25, -0.2) is 8.42 Å². The van der Waals surface area contributed by atoms with Crippen molar-refractivity contribution in [1.29, 1.82) is 0 Å². The van der Waals surface area contributed by atoms with E-state index < -0.39 is 10.0 Å². The quantitative estimate of drug-likeness (QED) is 0.519. The summed E-state index contributed by atoms with van der Waals surface area (Å²) in [6, 6.07) is 17.0. The Morgan fingerprint density at radius 3 is 2.17 bits per heavy atom. The molecule has 0 aliphatic rings. The van der Waals surface area contributed by atoms with Crippen LogP contribution in [0.1, 0.15) is 27.0 Å². The number of rotatable bonds is 5. The van der Waals surface area contributed by atoms with Gasteiger partial charge in [0.1, 0.15) is 0 Å². The van der Waals surface area contributed by atoms with Crippen LogP contribution in [0.4, 0.5) is 11.4 Å². The topological polar surface area (TPSA) is 75.3 Å². The zero-order valence-electron chi connectivity index (χ0n) is 16.3. The Morgan fingerprint density at radius 2 is 1.55 bits per heavy atom. The molecule has 0 atom stereocenters. The maximum absolute atomic E-state index is 12.6. The fourth-order valence-corrected chi connectivity index (χ4v) is 4.14. The Hall–Kier alpha value is -2.64. The van der Waals surface area contributed by atoms with E-state index in [1.807, 2.05) is 32.0 Å². The van der Waals surface area contributed by atoms with Crippen molar-refractivity contribution in [3.63, 3.8) is 0 Å². The van der Waals surface area contributed by atoms with Crippen LogP contribution in [-0.4, -0.2) is 14.3 Å². The van der Waals surface area contributed by atoms with Gasteiger partial charge in [0.15, 0.2) is 0 Å². The first-order chi connectivity index (χ1) is 13.7. The van der Waals surface area contributed by atoms with Crippen LogP contribution in [-0.2, 0) is 10.0 Å². The number of hydrogen-bond acceptors (Lipinski definition) is 3. The molecule has 0 radical (unpaired) electrons. The number of hydrogen-bond donors (Lipinski definition) is 2. The minimum atomic E-state index is -3.70. The molecule has 150 valence electrons. The standard InChI is InChI=1S/C22H21BrN2O3S/c1-14-4-8-19(9-5-14)29(27,28)25-21-11-6-17(12-16(21)3)22(26)24-18-7-10-20(23)15(2)13-18/h4-13,25H,1-3H3,(H,24,26). The zero-order chi connectivity index (χ0) is 21.2. The second-order valence-electron chi connectivity index (χ2n) is 6.87. The minimum absolute atomic E-state index is 0.190. The van der Waals surface area contributed by atoms with Crippen LogP contribution in [0.25, 0.3) is 0 Å². The van der Waals surface area contributed by atoms with Gasteiger partial charge in [0.2, 0.25) is 0 Å². The van der Waals surface area contributed by atoms with Gasteiger partial charge in [0.05, 0.1) is 10.6 Å². The maximum Gasteiger partial charge on any atom is 0.261 e. The van der Waals surface area contributed by atoms with Crippen molar-refractivity contribution in [2.45, 2.75) is 25.7 Å². The van der Waals surface area contributed by atoms with Crippen molar-refractivity contribution in [1.82, 2.24) is 0 Å². The van der Waals surface area contributed by atoms with E-state index in [-0.39, 0.29) is 10.8 Å². The Morgan fingerprint density at radius 1 is 0.862 bits per heavy atom. The first-order valence-electron chi connectivity index (χ1n) is 8.93. The number of amides is 1. The van der Waals surface area contributed by atoms with Crippen LogP contribution >= 0.6 is 15.9 Å². The van der Waals surface area contributed by atoms with Crippen LogP contribution in [0, 0.1) is 20.8 Å². The van der Waals surface area contributed by atoms with E-state index in [9.17, 15) is 13.2 Å². The lowest BCUT2D eigenvalue weighted by atomic mass is 10.1. The Kier molecular flexibility index (Phi) is 6.10. The second-order valence-corrected chi connectivity index (χ2v) is 9.40. The molecule has 0 unspecified atom stereocenters. The summed E-state index contributed by atoms with van der Waals surface area (Å²) >= 11 is 3.43. The highest BCUT2D eigenvalue weighted by molar-refractivity contribution is 9.10. The molecule has 0 aliphatic heterocycles. The third-order valence-corrected chi connectivity index (χ3v) is 6.75. The van der Waals surface area contributed by atoms with Crippen LogP contribution in [0.15, 0.2) is 70.0 Å². The molecule has 5 nitrogen and oxygen atoms in total. The molecule has 3 rings (SSSR count). The largest absolute Gasteiger partial charge is 0.322 e. The second kappa shape index (κ2) is 8.39.